The van der Waals surface area contributed by atoms with Gasteiger partial charge in [0.1, 0.15) is 24.4 Å². The maximum atomic E-state index is 13.4. The number of benzene rings is 2. The Morgan fingerprint density at radius 2 is 1.83 bits per heavy atom. The molecule has 4 saturated carbocycles. The van der Waals surface area contributed by atoms with Crippen LogP contribution >= 0.6 is 0 Å². The molecule has 7 aliphatic rings. The van der Waals surface area contributed by atoms with E-state index >= 15 is 0 Å². The topological polar surface area (TPSA) is 124 Å². The van der Waals surface area contributed by atoms with E-state index in [0.29, 0.717) is 17.5 Å². The number of methoxy groups -OCH3 is 1. The van der Waals surface area contributed by atoms with Crippen molar-refractivity contribution in [2.75, 3.05) is 20.2 Å². The Morgan fingerprint density at radius 1 is 1.06 bits per heavy atom. The molecule has 1 amide bonds. The molecular formula is C42H54N2O8. The number of carbonyl (C=O) groups is 3. The minimum absolute atomic E-state index is 0.0933. The van der Waals surface area contributed by atoms with Gasteiger partial charge in [0.25, 0.3) is 0 Å². The molecule has 2 aromatic carbocycles. The fourth-order valence-electron chi connectivity index (χ4n) is 11.3. The summed E-state index contributed by atoms with van der Waals surface area (Å²) in [5.41, 5.74) is 1.23. The number of fused-ring (bicyclic) bond motifs is 2. The van der Waals surface area contributed by atoms with Gasteiger partial charge in [0.15, 0.2) is 11.5 Å². The van der Waals surface area contributed by atoms with Crippen molar-refractivity contribution in [1.82, 2.24) is 10.2 Å². The average molecular weight is 715 g/mol. The Labute approximate surface area is 306 Å². The van der Waals surface area contributed by atoms with Crippen LogP contribution in [0.5, 0.6) is 11.5 Å². The molecule has 0 radical (unpaired) electrons. The van der Waals surface area contributed by atoms with E-state index in [4.69, 9.17) is 18.9 Å². The van der Waals surface area contributed by atoms with Crippen molar-refractivity contribution in [2.24, 2.45) is 23.2 Å². The van der Waals surface area contributed by atoms with Gasteiger partial charge in [-0.15, -0.1) is 0 Å². The second-order valence-electron chi connectivity index (χ2n) is 17.4. The van der Waals surface area contributed by atoms with Crippen LogP contribution in [0.25, 0.3) is 0 Å². The summed E-state index contributed by atoms with van der Waals surface area (Å²) in [6.07, 6.45) is 6.53. The molecule has 10 nitrogen and oxygen atoms in total. The Bertz CT molecular complexity index is 1730. The number of nitrogens with one attached hydrogen (secondary N) is 1. The highest BCUT2D eigenvalue weighted by Crippen LogP contribution is 2.77. The maximum Gasteiger partial charge on any atom is 0.329 e. The van der Waals surface area contributed by atoms with Crippen molar-refractivity contribution < 1.29 is 38.4 Å². The minimum Gasteiger partial charge on any atom is -0.482 e. The summed E-state index contributed by atoms with van der Waals surface area (Å²) in [5, 5.41) is 14.5. The SMILES string of the molecule is CO[C@]12CC[C@@]3(C[C@@H]1C(C)(C)O)[C@H]1Cc4ccc(OC(=O)CCC(=O)N[C@H](C(=O)OCc5ccccc5)C(C)C)c5c4[C@@]3(CCN1CC1CC1)[C@H]2O5. The van der Waals surface area contributed by atoms with E-state index < -0.39 is 35.1 Å². The molecule has 280 valence electrons. The first-order valence-corrected chi connectivity index (χ1v) is 19.4. The van der Waals surface area contributed by atoms with Crippen molar-refractivity contribution in [3.63, 3.8) is 0 Å². The number of esters is 2. The van der Waals surface area contributed by atoms with Gasteiger partial charge >= 0.3 is 11.9 Å². The van der Waals surface area contributed by atoms with Gasteiger partial charge in [-0.05, 0) is 94.4 Å². The number of rotatable bonds is 13. The molecule has 5 fully saturated rings. The summed E-state index contributed by atoms with van der Waals surface area (Å²) in [7, 11) is 1.77. The summed E-state index contributed by atoms with van der Waals surface area (Å²) in [4.78, 5) is 42.1. The molecule has 4 bridgehead atoms. The molecule has 1 saturated heterocycles. The monoisotopic (exact) mass is 714 g/mol. The molecule has 2 N–H and O–H groups in total. The van der Waals surface area contributed by atoms with E-state index in [1.807, 2.05) is 64.1 Å². The number of carbonyl (C=O) groups excluding carboxylic acids is 3. The zero-order chi connectivity index (χ0) is 36.6. The third kappa shape index (κ3) is 5.49. The Balaban J connectivity index is 1.01. The van der Waals surface area contributed by atoms with Crippen molar-refractivity contribution in [3.8, 4) is 11.5 Å². The molecule has 0 unspecified atom stereocenters. The summed E-state index contributed by atoms with van der Waals surface area (Å²) in [5.74, 6) is -0.0339. The predicted octanol–water partition coefficient (Wildman–Crippen LogP) is 5.25. The van der Waals surface area contributed by atoms with Gasteiger partial charge in [-0.2, -0.15) is 0 Å². The second-order valence-corrected chi connectivity index (χ2v) is 17.4. The number of ether oxygens (including phenoxy) is 4. The number of aliphatic hydroxyl groups is 1. The van der Waals surface area contributed by atoms with Gasteiger partial charge in [0.05, 0.1) is 12.0 Å². The normalized spacial score (nSPS) is 31.8. The number of hydrogen-bond donors (Lipinski definition) is 2. The van der Waals surface area contributed by atoms with Gasteiger partial charge in [-0.25, -0.2) is 4.79 Å². The number of hydrogen-bond acceptors (Lipinski definition) is 9. The minimum atomic E-state index is -0.970. The van der Waals surface area contributed by atoms with E-state index in [1.165, 1.54) is 24.0 Å². The molecule has 0 aromatic heterocycles. The van der Waals surface area contributed by atoms with E-state index in [-0.39, 0.29) is 48.2 Å². The second kappa shape index (κ2) is 12.8. The fraction of sp³-hybridized carbons (Fsp3) is 0.643. The third-order valence-corrected chi connectivity index (χ3v) is 13.7. The molecule has 2 aliphatic heterocycles. The highest BCUT2D eigenvalue weighted by atomic mass is 16.6. The van der Waals surface area contributed by atoms with Gasteiger partial charge in [-0.1, -0.05) is 50.2 Å². The lowest BCUT2D eigenvalue weighted by molar-refractivity contribution is -0.300. The van der Waals surface area contributed by atoms with Gasteiger partial charge in [0, 0.05) is 48.4 Å². The van der Waals surface area contributed by atoms with Crippen LogP contribution in [0.15, 0.2) is 42.5 Å². The molecule has 2 heterocycles. The van der Waals surface area contributed by atoms with E-state index in [0.717, 1.165) is 56.7 Å². The number of likely N-dealkylation sites (tertiary alicyclic amines) is 1. The summed E-state index contributed by atoms with van der Waals surface area (Å²) in [6, 6.07) is 12.9. The highest BCUT2D eigenvalue weighted by Gasteiger charge is 2.81. The average Bonchev–Trinajstić information content (AvgIpc) is 3.87. The summed E-state index contributed by atoms with van der Waals surface area (Å²) < 4.78 is 25.2. The van der Waals surface area contributed by atoms with Gasteiger partial charge < -0.3 is 29.4 Å². The van der Waals surface area contributed by atoms with Crippen LogP contribution < -0.4 is 14.8 Å². The first kappa shape index (κ1) is 35.6. The van der Waals surface area contributed by atoms with Crippen LogP contribution in [0.2, 0.25) is 0 Å². The Morgan fingerprint density at radius 3 is 2.52 bits per heavy atom. The largest absolute Gasteiger partial charge is 0.482 e. The number of piperidine rings is 1. The molecule has 5 aliphatic carbocycles. The van der Waals surface area contributed by atoms with Crippen LogP contribution in [0.3, 0.4) is 0 Å². The molecule has 7 atom stereocenters. The first-order chi connectivity index (χ1) is 24.8. The number of nitrogens with zero attached hydrogens (tertiary/aromatic N) is 1. The van der Waals surface area contributed by atoms with E-state index in [1.54, 1.807) is 7.11 Å². The lowest BCUT2D eigenvalue weighted by Gasteiger charge is -2.75. The molecule has 2 aromatic rings. The Kier molecular flexibility index (Phi) is 8.78. The zero-order valence-electron chi connectivity index (χ0n) is 31.2. The van der Waals surface area contributed by atoms with Crippen LogP contribution in [-0.4, -0.2) is 77.4 Å². The third-order valence-electron chi connectivity index (χ3n) is 13.7. The zero-order valence-corrected chi connectivity index (χ0v) is 31.2. The van der Waals surface area contributed by atoms with Crippen LogP contribution in [0.1, 0.15) is 95.8 Å². The van der Waals surface area contributed by atoms with Crippen LogP contribution in [0.4, 0.5) is 0 Å². The van der Waals surface area contributed by atoms with Gasteiger partial charge in [-0.3, -0.25) is 14.5 Å². The van der Waals surface area contributed by atoms with E-state index in [2.05, 4.69) is 16.3 Å². The number of amides is 1. The quantitative estimate of drug-likeness (QED) is 0.212. The predicted molar refractivity (Wildman–Crippen MR) is 193 cm³/mol. The molecule has 52 heavy (non-hydrogen) atoms. The smallest absolute Gasteiger partial charge is 0.329 e. The summed E-state index contributed by atoms with van der Waals surface area (Å²) >= 11 is 0. The molecule has 2 spiro atoms. The van der Waals surface area contributed by atoms with Crippen LogP contribution in [0, 0.1) is 23.2 Å². The van der Waals surface area contributed by atoms with E-state index in [9.17, 15) is 19.5 Å². The lowest BCUT2D eigenvalue weighted by atomic mass is 9.34. The fourth-order valence-corrected chi connectivity index (χ4v) is 11.3. The molecule has 9 rings (SSSR count). The van der Waals surface area contributed by atoms with Crippen molar-refractivity contribution in [1.29, 1.82) is 0 Å². The van der Waals surface area contributed by atoms with Crippen molar-refractivity contribution in [3.05, 3.63) is 59.2 Å². The lowest BCUT2D eigenvalue weighted by Crippen LogP contribution is -2.82. The Hall–Kier alpha value is -3.47. The van der Waals surface area contributed by atoms with Crippen molar-refractivity contribution in [2.45, 2.75) is 127 Å². The van der Waals surface area contributed by atoms with Gasteiger partial charge in [0.2, 0.25) is 5.91 Å². The highest BCUT2D eigenvalue weighted by molar-refractivity contribution is 5.87. The maximum absolute atomic E-state index is 13.4. The molecule has 10 heteroatoms. The summed E-state index contributed by atoms with van der Waals surface area (Å²) in [6.45, 7) is 9.74. The van der Waals surface area contributed by atoms with Crippen molar-refractivity contribution >= 4 is 17.8 Å². The van der Waals surface area contributed by atoms with Crippen LogP contribution in [-0.2, 0) is 42.3 Å². The first-order valence-electron chi connectivity index (χ1n) is 19.4. The standard InChI is InChI=1S/C42H54N2O8/c1-25(2)35(37(47)50-24-27-9-7-6-8-10-27)43-32(45)15-16-33(46)51-29-14-13-28-21-31-40-17-18-42(49-5,30(22-40)39(3,4)48)38-41(40,34(28)36(29)52-38)19-20-44(31)23-26-11-12-26/h6-10,13-14,25-26,30-31,35,38,48H,11-12,15-24H2,1-5H3,(H,43,45)/t30-,31-,35+,38-,40-,41+,42-/m1/s1. The molecular weight excluding hydrogens is 660 g/mol.